The third kappa shape index (κ3) is 3.70. The number of nitriles is 1. The van der Waals surface area contributed by atoms with Gasteiger partial charge in [-0.05, 0) is 31.2 Å². The van der Waals surface area contributed by atoms with Crippen molar-refractivity contribution in [3.05, 3.63) is 81.0 Å². The Hall–Kier alpha value is -4.10. The van der Waals surface area contributed by atoms with Gasteiger partial charge in [0.15, 0.2) is 0 Å². The molecule has 3 N–H and O–H groups in total. The minimum absolute atomic E-state index is 0.0374. The Balaban J connectivity index is 1.98. The van der Waals surface area contributed by atoms with Gasteiger partial charge in [-0.25, -0.2) is 18.7 Å². The zero-order chi connectivity index (χ0) is 23.0. The van der Waals surface area contributed by atoms with E-state index in [2.05, 4.69) is 20.3 Å². The maximum Gasteiger partial charge on any atom is 0.267 e. The Morgan fingerprint density at radius 2 is 2.03 bits per heavy atom. The number of nitrogens with one attached hydrogen (secondary N) is 1. The second-order valence-corrected chi connectivity index (χ2v) is 7.22. The lowest BCUT2D eigenvalue weighted by Gasteiger charge is -2.21. The van der Waals surface area contributed by atoms with Crippen LogP contribution in [0.4, 0.5) is 20.5 Å². The molecule has 1 unspecified atom stereocenters. The smallest absolute Gasteiger partial charge is 0.267 e. The van der Waals surface area contributed by atoms with Gasteiger partial charge in [-0.3, -0.25) is 9.36 Å². The number of hydrogen-bond donors (Lipinski definition) is 2. The largest absolute Gasteiger partial charge is 0.368 e. The number of anilines is 2. The van der Waals surface area contributed by atoms with Crippen LogP contribution in [-0.2, 0) is 0 Å². The van der Waals surface area contributed by atoms with Gasteiger partial charge >= 0.3 is 0 Å². The number of hydrogen-bond acceptors (Lipinski definition) is 7. The van der Waals surface area contributed by atoms with Crippen molar-refractivity contribution in [1.82, 2.24) is 19.5 Å². The van der Waals surface area contributed by atoms with Crippen molar-refractivity contribution in [2.75, 3.05) is 11.1 Å². The molecule has 4 aromatic rings. The molecule has 0 radical (unpaired) electrons. The van der Waals surface area contributed by atoms with Crippen LogP contribution in [0.25, 0.3) is 16.6 Å². The predicted molar refractivity (Wildman–Crippen MR) is 115 cm³/mol. The lowest BCUT2D eigenvalue weighted by molar-refractivity contribution is 0.584. The lowest BCUT2D eigenvalue weighted by Crippen LogP contribution is -2.28. The zero-order valence-electron chi connectivity index (χ0n) is 16.5. The first-order chi connectivity index (χ1) is 15.3. The summed E-state index contributed by atoms with van der Waals surface area (Å²) in [6.45, 7) is 1.62. The summed E-state index contributed by atoms with van der Waals surface area (Å²) in [6.07, 6.45) is 1.24. The van der Waals surface area contributed by atoms with Crippen LogP contribution in [-0.4, -0.2) is 19.5 Å². The Bertz CT molecular complexity index is 1470. The number of halogens is 3. The summed E-state index contributed by atoms with van der Waals surface area (Å²) in [5.41, 5.74) is 4.96. The molecular weight excluding hydrogens is 440 g/mol. The molecule has 0 saturated heterocycles. The fourth-order valence-electron chi connectivity index (χ4n) is 3.24. The Morgan fingerprint density at radius 3 is 2.78 bits per heavy atom. The van der Waals surface area contributed by atoms with E-state index in [1.54, 1.807) is 19.1 Å². The fourth-order valence-corrected chi connectivity index (χ4v) is 3.49. The molecule has 1 atom stereocenters. The van der Waals surface area contributed by atoms with Crippen LogP contribution in [0.3, 0.4) is 0 Å². The molecule has 0 fully saturated rings. The molecule has 4 rings (SSSR count). The first-order valence-corrected chi connectivity index (χ1v) is 9.63. The van der Waals surface area contributed by atoms with Crippen LogP contribution in [0.1, 0.15) is 24.4 Å². The third-order valence-corrected chi connectivity index (χ3v) is 5.01. The summed E-state index contributed by atoms with van der Waals surface area (Å²) >= 11 is 6.21. The average molecular weight is 454 g/mol. The Kier molecular flexibility index (Phi) is 5.42. The minimum atomic E-state index is -0.834. The van der Waals surface area contributed by atoms with Crippen LogP contribution in [0.5, 0.6) is 0 Å². The molecule has 160 valence electrons. The monoisotopic (exact) mass is 453 g/mol. The van der Waals surface area contributed by atoms with Crippen LogP contribution in [0, 0.1) is 23.0 Å². The van der Waals surface area contributed by atoms with E-state index in [1.165, 1.54) is 12.3 Å². The quantitative estimate of drug-likeness (QED) is 0.482. The average Bonchev–Trinajstić information content (AvgIpc) is 2.75. The molecule has 2 aromatic heterocycles. The van der Waals surface area contributed by atoms with E-state index in [4.69, 9.17) is 17.3 Å². The van der Waals surface area contributed by atoms with Gasteiger partial charge in [-0.2, -0.15) is 10.2 Å². The van der Waals surface area contributed by atoms with Gasteiger partial charge < -0.3 is 11.1 Å². The van der Waals surface area contributed by atoms with Gasteiger partial charge in [-0.1, -0.05) is 17.7 Å². The van der Waals surface area contributed by atoms with Gasteiger partial charge in [0.1, 0.15) is 34.9 Å². The standard InChI is InChI=1S/C21H14ClF2N7O/c1-10(28-18-11(8-25)9-27-21(26)30-18)19-29-15-4-2-3-13(22)17(15)20(32)31(19)16-7-12(23)5-6-14(16)24/h2-7,9-10H,1H3,(H3,26,27,28,30). The van der Waals surface area contributed by atoms with E-state index in [0.717, 1.165) is 22.8 Å². The molecule has 32 heavy (non-hydrogen) atoms. The molecule has 0 aliphatic heterocycles. The molecule has 0 amide bonds. The fraction of sp³-hybridized carbons (Fsp3) is 0.0952. The van der Waals surface area contributed by atoms with E-state index in [0.29, 0.717) is 0 Å². The molecular formula is C21H14ClF2N7O. The number of fused-ring (bicyclic) bond motifs is 1. The second kappa shape index (κ2) is 8.20. The topological polar surface area (TPSA) is 123 Å². The summed E-state index contributed by atoms with van der Waals surface area (Å²) in [4.78, 5) is 25.7. The lowest BCUT2D eigenvalue weighted by atomic mass is 10.2. The van der Waals surface area contributed by atoms with E-state index in [-0.39, 0.29) is 44.8 Å². The SMILES string of the molecule is CC(Nc1nc(N)ncc1C#N)c1nc2cccc(Cl)c2c(=O)n1-c1cc(F)ccc1F. The van der Waals surface area contributed by atoms with Crippen molar-refractivity contribution in [3.8, 4) is 11.8 Å². The first-order valence-electron chi connectivity index (χ1n) is 9.26. The van der Waals surface area contributed by atoms with Gasteiger partial charge in [0.25, 0.3) is 5.56 Å². The normalized spacial score (nSPS) is 11.8. The van der Waals surface area contributed by atoms with Gasteiger partial charge in [0.05, 0.1) is 33.9 Å². The van der Waals surface area contributed by atoms with Crippen molar-refractivity contribution in [2.24, 2.45) is 0 Å². The third-order valence-electron chi connectivity index (χ3n) is 4.69. The van der Waals surface area contributed by atoms with Crippen LogP contribution < -0.4 is 16.6 Å². The van der Waals surface area contributed by atoms with Crippen molar-refractivity contribution in [1.29, 1.82) is 5.26 Å². The highest BCUT2D eigenvalue weighted by atomic mass is 35.5. The molecule has 0 aliphatic carbocycles. The number of rotatable bonds is 4. The molecule has 11 heteroatoms. The van der Waals surface area contributed by atoms with E-state index >= 15 is 0 Å². The van der Waals surface area contributed by atoms with Crippen molar-refractivity contribution in [2.45, 2.75) is 13.0 Å². The van der Waals surface area contributed by atoms with E-state index < -0.39 is 23.2 Å². The highest BCUT2D eigenvalue weighted by Gasteiger charge is 2.22. The number of aromatic nitrogens is 4. The number of nitrogen functional groups attached to an aromatic ring is 1. The number of nitrogens with two attached hydrogens (primary N) is 1. The van der Waals surface area contributed by atoms with Crippen LogP contribution in [0.2, 0.25) is 5.02 Å². The van der Waals surface area contributed by atoms with Crippen molar-refractivity contribution in [3.63, 3.8) is 0 Å². The highest BCUT2D eigenvalue weighted by molar-refractivity contribution is 6.35. The Labute approximate surface area is 184 Å². The van der Waals surface area contributed by atoms with Gasteiger partial charge in [0.2, 0.25) is 5.95 Å². The molecule has 0 spiro atoms. The molecule has 0 saturated carbocycles. The van der Waals surface area contributed by atoms with Crippen LogP contribution in [0.15, 0.2) is 47.4 Å². The summed E-state index contributed by atoms with van der Waals surface area (Å²) < 4.78 is 29.6. The molecule has 0 aliphatic rings. The van der Waals surface area contributed by atoms with Crippen molar-refractivity contribution < 1.29 is 8.78 Å². The molecule has 0 bridgehead atoms. The maximum atomic E-state index is 14.7. The Morgan fingerprint density at radius 1 is 1.25 bits per heavy atom. The summed E-state index contributed by atoms with van der Waals surface area (Å²) in [6, 6.07) is 8.57. The summed E-state index contributed by atoms with van der Waals surface area (Å²) in [7, 11) is 0. The first kappa shape index (κ1) is 21.1. The van der Waals surface area contributed by atoms with E-state index in [1.807, 2.05) is 6.07 Å². The minimum Gasteiger partial charge on any atom is -0.368 e. The van der Waals surface area contributed by atoms with Crippen molar-refractivity contribution >= 4 is 34.3 Å². The summed E-state index contributed by atoms with van der Waals surface area (Å²) in [5.74, 6) is -1.52. The highest BCUT2D eigenvalue weighted by Crippen LogP contribution is 2.26. The summed E-state index contributed by atoms with van der Waals surface area (Å²) in [5, 5.41) is 12.4. The van der Waals surface area contributed by atoms with Gasteiger partial charge in [0, 0.05) is 6.07 Å². The number of nitrogens with zero attached hydrogens (tertiary/aromatic N) is 5. The number of benzene rings is 2. The molecule has 8 nitrogen and oxygen atoms in total. The van der Waals surface area contributed by atoms with E-state index in [9.17, 15) is 18.8 Å². The molecule has 2 aromatic carbocycles. The maximum absolute atomic E-state index is 14.7. The second-order valence-electron chi connectivity index (χ2n) is 6.81. The predicted octanol–water partition coefficient (Wildman–Crippen LogP) is 3.73. The zero-order valence-corrected chi connectivity index (χ0v) is 17.2. The molecule has 2 heterocycles. The van der Waals surface area contributed by atoms with Crippen LogP contribution >= 0.6 is 11.6 Å². The van der Waals surface area contributed by atoms with Gasteiger partial charge in [-0.15, -0.1) is 0 Å².